The van der Waals surface area contributed by atoms with E-state index < -0.39 is 0 Å². The average Bonchev–Trinajstić information content (AvgIpc) is 2.07. The molecule has 1 aliphatic rings. The minimum absolute atomic E-state index is 0.710. The van der Waals surface area contributed by atoms with Gasteiger partial charge in [0.1, 0.15) is 0 Å². The van der Waals surface area contributed by atoms with Crippen LogP contribution < -0.4 is 0 Å². The number of rotatable bonds is 3. The molecule has 0 radical (unpaired) electrons. The molecule has 0 saturated heterocycles. The molecule has 4 atom stereocenters. The first-order valence-electron chi connectivity index (χ1n) is 5.73. The first-order chi connectivity index (χ1) is 6.09. The summed E-state index contributed by atoms with van der Waals surface area (Å²) >= 11 is 3.63. The quantitative estimate of drug-likeness (QED) is 0.638. The summed E-state index contributed by atoms with van der Waals surface area (Å²) < 4.78 is 0. The first-order valence-corrected chi connectivity index (χ1v) is 6.65. The number of hydrogen-bond donors (Lipinski definition) is 0. The van der Waals surface area contributed by atoms with Crippen molar-refractivity contribution in [3.63, 3.8) is 0 Å². The van der Waals surface area contributed by atoms with Gasteiger partial charge in [-0.25, -0.2) is 0 Å². The zero-order valence-corrected chi connectivity index (χ0v) is 10.8. The molecule has 0 N–H and O–H groups in total. The van der Waals surface area contributed by atoms with Crippen LogP contribution in [-0.4, -0.2) is 4.83 Å². The van der Waals surface area contributed by atoms with E-state index in [4.69, 9.17) is 0 Å². The van der Waals surface area contributed by atoms with Crippen molar-refractivity contribution < 1.29 is 0 Å². The lowest BCUT2D eigenvalue weighted by molar-refractivity contribution is 0.198. The van der Waals surface area contributed by atoms with Gasteiger partial charge in [-0.15, -0.1) is 0 Å². The van der Waals surface area contributed by atoms with Gasteiger partial charge >= 0.3 is 0 Å². The van der Waals surface area contributed by atoms with Gasteiger partial charge in [0.15, 0.2) is 0 Å². The second-order valence-electron chi connectivity index (χ2n) is 4.99. The summed E-state index contributed by atoms with van der Waals surface area (Å²) in [6.07, 6.45) is 7.20. The van der Waals surface area contributed by atoms with Gasteiger partial charge in [0.2, 0.25) is 0 Å². The van der Waals surface area contributed by atoms with Crippen molar-refractivity contribution in [3.8, 4) is 0 Å². The van der Waals surface area contributed by atoms with Crippen LogP contribution in [0.15, 0.2) is 0 Å². The highest BCUT2D eigenvalue weighted by molar-refractivity contribution is 9.09. The highest BCUT2D eigenvalue weighted by Crippen LogP contribution is 2.35. The third-order valence-electron chi connectivity index (χ3n) is 3.68. The Morgan fingerprint density at radius 3 is 2.46 bits per heavy atom. The highest BCUT2D eigenvalue weighted by Gasteiger charge is 2.24. The predicted molar refractivity (Wildman–Crippen MR) is 63.3 cm³/mol. The normalized spacial score (nSPS) is 37.4. The molecule has 0 nitrogen and oxygen atoms in total. The first kappa shape index (κ1) is 11.6. The van der Waals surface area contributed by atoms with Gasteiger partial charge in [-0.1, -0.05) is 49.5 Å². The van der Waals surface area contributed by atoms with Crippen molar-refractivity contribution >= 4 is 15.9 Å². The molecule has 0 heterocycles. The van der Waals surface area contributed by atoms with Crippen molar-refractivity contribution in [3.05, 3.63) is 0 Å². The zero-order valence-electron chi connectivity index (χ0n) is 9.22. The maximum Gasteiger partial charge on any atom is 0.0117 e. The summed E-state index contributed by atoms with van der Waals surface area (Å²) in [6, 6.07) is 0. The van der Waals surface area contributed by atoms with Crippen molar-refractivity contribution in [1.82, 2.24) is 0 Å². The van der Waals surface area contributed by atoms with Crippen LogP contribution in [0.25, 0.3) is 0 Å². The van der Waals surface area contributed by atoms with Gasteiger partial charge in [0, 0.05) is 4.83 Å². The zero-order chi connectivity index (χ0) is 9.84. The standard InChI is InChI=1S/C12H23Br/c1-9-4-6-12(8-10(9)2)7-5-11(3)13/h9-12H,4-8H2,1-3H3. The molecule has 0 bridgehead atoms. The van der Waals surface area contributed by atoms with E-state index in [0.717, 1.165) is 17.8 Å². The second-order valence-corrected chi connectivity index (χ2v) is 6.55. The number of hydrogen-bond acceptors (Lipinski definition) is 0. The van der Waals surface area contributed by atoms with Gasteiger partial charge in [0.05, 0.1) is 0 Å². The monoisotopic (exact) mass is 246 g/mol. The summed E-state index contributed by atoms with van der Waals surface area (Å²) in [7, 11) is 0. The molecule has 0 amide bonds. The Morgan fingerprint density at radius 1 is 1.23 bits per heavy atom. The fourth-order valence-corrected chi connectivity index (χ4v) is 2.65. The van der Waals surface area contributed by atoms with Crippen molar-refractivity contribution in [1.29, 1.82) is 0 Å². The summed E-state index contributed by atoms with van der Waals surface area (Å²) in [5.41, 5.74) is 0. The molecular formula is C12H23Br. The Labute approximate surface area is 91.6 Å². The van der Waals surface area contributed by atoms with Gasteiger partial charge in [-0.2, -0.15) is 0 Å². The molecule has 0 spiro atoms. The van der Waals surface area contributed by atoms with E-state index in [0.29, 0.717) is 4.83 Å². The van der Waals surface area contributed by atoms with E-state index >= 15 is 0 Å². The molecule has 1 rings (SSSR count). The van der Waals surface area contributed by atoms with Crippen LogP contribution in [0.3, 0.4) is 0 Å². The van der Waals surface area contributed by atoms with Crippen molar-refractivity contribution in [2.75, 3.05) is 0 Å². The molecule has 1 fully saturated rings. The Kier molecular flexibility index (Phi) is 4.78. The number of alkyl halides is 1. The van der Waals surface area contributed by atoms with Crippen LogP contribution >= 0.6 is 15.9 Å². The maximum absolute atomic E-state index is 3.63. The smallest absolute Gasteiger partial charge is 0.0117 e. The lowest BCUT2D eigenvalue weighted by Gasteiger charge is -2.32. The maximum atomic E-state index is 3.63. The van der Waals surface area contributed by atoms with Crippen LogP contribution in [0.5, 0.6) is 0 Å². The van der Waals surface area contributed by atoms with Gasteiger partial charge in [-0.05, 0) is 37.0 Å². The van der Waals surface area contributed by atoms with E-state index in [1.165, 1.54) is 32.1 Å². The van der Waals surface area contributed by atoms with E-state index in [2.05, 4.69) is 36.7 Å². The molecule has 1 aliphatic carbocycles. The summed E-state index contributed by atoms with van der Waals surface area (Å²) in [4.78, 5) is 0.710. The van der Waals surface area contributed by atoms with Crippen LogP contribution in [-0.2, 0) is 0 Å². The minimum atomic E-state index is 0.710. The molecular weight excluding hydrogens is 224 g/mol. The molecule has 0 aromatic rings. The average molecular weight is 247 g/mol. The molecule has 78 valence electrons. The van der Waals surface area contributed by atoms with Crippen molar-refractivity contribution in [2.24, 2.45) is 17.8 Å². The molecule has 1 heteroatoms. The topological polar surface area (TPSA) is 0 Å². The molecule has 0 aromatic carbocycles. The fraction of sp³-hybridized carbons (Fsp3) is 1.00. The number of halogens is 1. The van der Waals surface area contributed by atoms with E-state index in [9.17, 15) is 0 Å². The molecule has 4 unspecified atom stereocenters. The van der Waals surface area contributed by atoms with Crippen LogP contribution in [0, 0.1) is 17.8 Å². The van der Waals surface area contributed by atoms with E-state index in [1.807, 2.05) is 0 Å². The van der Waals surface area contributed by atoms with Gasteiger partial charge in [-0.3, -0.25) is 0 Å². The van der Waals surface area contributed by atoms with E-state index in [1.54, 1.807) is 0 Å². The Morgan fingerprint density at radius 2 is 1.92 bits per heavy atom. The molecule has 1 saturated carbocycles. The Bertz CT molecular complexity index is 142. The molecule has 0 aromatic heterocycles. The van der Waals surface area contributed by atoms with Gasteiger partial charge < -0.3 is 0 Å². The van der Waals surface area contributed by atoms with Crippen molar-refractivity contribution in [2.45, 2.75) is 57.7 Å². The Balaban J connectivity index is 2.21. The second kappa shape index (κ2) is 5.38. The van der Waals surface area contributed by atoms with E-state index in [-0.39, 0.29) is 0 Å². The third-order valence-corrected chi connectivity index (χ3v) is 4.14. The lowest BCUT2D eigenvalue weighted by Crippen LogP contribution is -2.21. The summed E-state index contributed by atoms with van der Waals surface area (Å²) in [6.45, 7) is 7.09. The SMILES string of the molecule is CC(Br)CCC1CCC(C)C(C)C1. The van der Waals surface area contributed by atoms with Crippen LogP contribution in [0.4, 0.5) is 0 Å². The van der Waals surface area contributed by atoms with Gasteiger partial charge in [0.25, 0.3) is 0 Å². The largest absolute Gasteiger partial charge is 0.0894 e. The molecule has 13 heavy (non-hydrogen) atoms. The fourth-order valence-electron chi connectivity index (χ4n) is 2.39. The third kappa shape index (κ3) is 4.01. The summed E-state index contributed by atoms with van der Waals surface area (Å²) in [5.74, 6) is 2.95. The van der Waals surface area contributed by atoms with Crippen LogP contribution in [0.2, 0.25) is 0 Å². The predicted octanol–water partition coefficient (Wildman–Crippen LogP) is 4.62. The molecule has 0 aliphatic heterocycles. The lowest BCUT2D eigenvalue weighted by atomic mass is 9.74. The minimum Gasteiger partial charge on any atom is -0.0894 e. The summed E-state index contributed by atoms with van der Waals surface area (Å²) in [5, 5.41) is 0. The highest BCUT2D eigenvalue weighted by atomic mass is 79.9. The van der Waals surface area contributed by atoms with Crippen LogP contribution in [0.1, 0.15) is 52.9 Å². The Hall–Kier alpha value is 0.480.